The number of halogens is 4. The normalized spacial score (nSPS) is 25.6. The van der Waals surface area contributed by atoms with Crippen molar-refractivity contribution >= 4 is 57.2 Å². The van der Waals surface area contributed by atoms with Crippen molar-refractivity contribution in [2.75, 3.05) is 26.2 Å². The number of nitrogens with zero attached hydrogens (tertiary/aromatic N) is 1. The van der Waals surface area contributed by atoms with E-state index in [9.17, 15) is 8.42 Å². The SMILES string of the molecule is Cl.O=S(=O)(c1c(Cl)cc(Cl)cc1Cl)N1CCC2CNCC2C1. The van der Waals surface area contributed by atoms with Crippen molar-refractivity contribution in [2.24, 2.45) is 11.8 Å². The minimum absolute atomic E-state index is 0. The van der Waals surface area contributed by atoms with Crippen molar-refractivity contribution in [3.8, 4) is 0 Å². The molecule has 2 heterocycles. The second kappa shape index (κ2) is 7.01. The molecule has 0 aliphatic carbocycles. The Morgan fingerprint density at radius 1 is 1.09 bits per heavy atom. The van der Waals surface area contributed by atoms with Crippen LogP contribution < -0.4 is 5.32 Å². The Bertz CT molecular complexity index is 645. The highest BCUT2D eigenvalue weighted by Gasteiger charge is 2.39. The van der Waals surface area contributed by atoms with E-state index in [1.807, 2.05) is 0 Å². The van der Waals surface area contributed by atoms with Gasteiger partial charge in [0.1, 0.15) is 4.90 Å². The highest BCUT2D eigenvalue weighted by atomic mass is 35.5. The van der Waals surface area contributed by atoms with Gasteiger partial charge in [-0.2, -0.15) is 4.31 Å². The smallest absolute Gasteiger partial charge is 0.246 e. The zero-order chi connectivity index (χ0) is 15.2. The van der Waals surface area contributed by atoms with Crippen molar-refractivity contribution < 1.29 is 8.42 Å². The van der Waals surface area contributed by atoms with Crippen LogP contribution >= 0.6 is 47.2 Å². The molecule has 0 spiro atoms. The molecule has 2 saturated heterocycles. The van der Waals surface area contributed by atoms with Crippen LogP contribution in [0.25, 0.3) is 0 Å². The molecule has 1 aromatic carbocycles. The lowest BCUT2D eigenvalue weighted by Crippen LogP contribution is -2.43. The van der Waals surface area contributed by atoms with Gasteiger partial charge in [0.2, 0.25) is 10.0 Å². The monoisotopic (exact) mass is 404 g/mol. The molecule has 22 heavy (non-hydrogen) atoms. The first-order valence-electron chi connectivity index (χ1n) is 6.75. The van der Waals surface area contributed by atoms with Crippen molar-refractivity contribution in [3.05, 3.63) is 27.2 Å². The summed E-state index contributed by atoms with van der Waals surface area (Å²) in [5.74, 6) is 0.922. The van der Waals surface area contributed by atoms with E-state index in [0.717, 1.165) is 19.5 Å². The van der Waals surface area contributed by atoms with Gasteiger partial charge in [-0.3, -0.25) is 0 Å². The minimum atomic E-state index is -3.70. The Hall–Kier alpha value is 0.250. The van der Waals surface area contributed by atoms with Gasteiger partial charge in [-0.05, 0) is 43.5 Å². The molecule has 9 heteroatoms. The van der Waals surface area contributed by atoms with Crippen LogP contribution in [0.2, 0.25) is 15.1 Å². The third-order valence-electron chi connectivity index (χ3n) is 4.23. The lowest BCUT2D eigenvalue weighted by atomic mass is 9.90. The topological polar surface area (TPSA) is 49.4 Å². The Kier molecular flexibility index (Phi) is 5.92. The molecule has 2 atom stereocenters. The van der Waals surface area contributed by atoms with Gasteiger partial charge in [-0.15, -0.1) is 12.4 Å². The van der Waals surface area contributed by atoms with E-state index in [0.29, 0.717) is 29.9 Å². The second-order valence-electron chi connectivity index (χ2n) is 5.53. The fourth-order valence-electron chi connectivity index (χ4n) is 3.12. The maximum Gasteiger partial charge on any atom is 0.246 e. The van der Waals surface area contributed by atoms with Crippen molar-refractivity contribution in [2.45, 2.75) is 11.3 Å². The summed E-state index contributed by atoms with van der Waals surface area (Å²) in [6.45, 7) is 2.84. The summed E-state index contributed by atoms with van der Waals surface area (Å²) >= 11 is 18.0. The summed E-state index contributed by atoms with van der Waals surface area (Å²) in [4.78, 5) is -0.0420. The number of sulfonamides is 1. The van der Waals surface area contributed by atoms with Crippen LogP contribution in [-0.4, -0.2) is 38.9 Å². The molecule has 2 aliphatic rings. The van der Waals surface area contributed by atoms with E-state index in [2.05, 4.69) is 5.32 Å². The Labute approximate surface area is 151 Å². The standard InChI is InChI=1S/C13H15Cl3N2O2S.ClH/c14-10-3-11(15)13(12(16)4-10)21(19,20)18-2-1-8-5-17-6-9(8)7-18;/h3-4,8-9,17H,1-2,5-7H2;1H. The summed E-state index contributed by atoms with van der Waals surface area (Å²) in [5.41, 5.74) is 0. The number of benzene rings is 1. The van der Waals surface area contributed by atoms with Gasteiger partial charge >= 0.3 is 0 Å². The molecule has 0 bridgehead atoms. The van der Waals surface area contributed by atoms with Crippen LogP contribution in [0.4, 0.5) is 0 Å². The highest BCUT2D eigenvalue weighted by Crippen LogP contribution is 2.37. The number of nitrogens with one attached hydrogen (secondary N) is 1. The predicted octanol–water partition coefficient (Wildman–Crippen LogP) is 3.30. The molecule has 1 aromatic rings. The summed E-state index contributed by atoms with van der Waals surface area (Å²) in [7, 11) is -3.70. The molecule has 0 aromatic heterocycles. The van der Waals surface area contributed by atoms with Crippen molar-refractivity contribution in [1.29, 1.82) is 0 Å². The van der Waals surface area contributed by atoms with Gasteiger partial charge in [0.15, 0.2) is 0 Å². The summed E-state index contributed by atoms with van der Waals surface area (Å²) in [6.07, 6.45) is 0.861. The highest BCUT2D eigenvalue weighted by molar-refractivity contribution is 7.89. The average Bonchev–Trinajstić information content (AvgIpc) is 2.83. The van der Waals surface area contributed by atoms with E-state index in [1.165, 1.54) is 16.4 Å². The molecule has 2 fully saturated rings. The predicted molar refractivity (Wildman–Crippen MR) is 91.9 cm³/mol. The molecule has 0 saturated carbocycles. The van der Waals surface area contributed by atoms with Gasteiger partial charge in [-0.25, -0.2) is 8.42 Å². The summed E-state index contributed by atoms with van der Waals surface area (Å²) in [6, 6.07) is 2.82. The largest absolute Gasteiger partial charge is 0.316 e. The zero-order valence-electron chi connectivity index (χ0n) is 11.6. The van der Waals surface area contributed by atoms with E-state index >= 15 is 0 Å². The molecule has 3 rings (SSSR count). The number of hydrogen-bond acceptors (Lipinski definition) is 3. The van der Waals surface area contributed by atoms with Gasteiger partial charge < -0.3 is 5.32 Å². The Morgan fingerprint density at radius 3 is 2.32 bits per heavy atom. The first-order valence-corrected chi connectivity index (χ1v) is 9.32. The first-order chi connectivity index (χ1) is 9.89. The quantitative estimate of drug-likeness (QED) is 0.821. The van der Waals surface area contributed by atoms with Crippen LogP contribution in [0, 0.1) is 11.8 Å². The molecule has 2 aliphatic heterocycles. The number of hydrogen-bond donors (Lipinski definition) is 1. The van der Waals surface area contributed by atoms with Crippen molar-refractivity contribution in [3.63, 3.8) is 0 Å². The van der Waals surface area contributed by atoms with Crippen LogP contribution in [0.3, 0.4) is 0 Å². The lowest BCUT2D eigenvalue weighted by molar-refractivity contribution is 0.228. The Morgan fingerprint density at radius 2 is 1.68 bits per heavy atom. The maximum absolute atomic E-state index is 12.8. The molecule has 4 nitrogen and oxygen atoms in total. The molecular formula is C13H16Cl4N2O2S. The number of rotatable bonds is 2. The lowest BCUT2D eigenvalue weighted by Gasteiger charge is -2.33. The van der Waals surface area contributed by atoms with Gasteiger partial charge in [0.25, 0.3) is 0 Å². The third kappa shape index (κ3) is 3.36. The molecule has 0 radical (unpaired) electrons. The van der Waals surface area contributed by atoms with E-state index in [-0.39, 0.29) is 27.3 Å². The van der Waals surface area contributed by atoms with E-state index in [4.69, 9.17) is 34.8 Å². The molecule has 1 N–H and O–H groups in total. The van der Waals surface area contributed by atoms with Gasteiger partial charge in [0, 0.05) is 18.1 Å². The number of fused-ring (bicyclic) bond motifs is 1. The molecule has 2 unspecified atom stereocenters. The summed E-state index contributed by atoms with van der Waals surface area (Å²) < 4.78 is 27.1. The average molecular weight is 406 g/mol. The molecule has 124 valence electrons. The van der Waals surface area contributed by atoms with Gasteiger partial charge in [0.05, 0.1) is 10.0 Å². The first kappa shape index (κ1) is 18.6. The third-order valence-corrected chi connectivity index (χ3v) is 7.23. The van der Waals surface area contributed by atoms with Crippen LogP contribution in [0.1, 0.15) is 6.42 Å². The van der Waals surface area contributed by atoms with Crippen LogP contribution in [-0.2, 0) is 10.0 Å². The maximum atomic E-state index is 12.8. The molecular weight excluding hydrogens is 390 g/mol. The zero-order valence-corrected chi connectivity index (χ0v) is 15.5. The Balaban J connectivity index is 0.00000176. The minimum Gasteiger partial charge on any atom is -0.316 e. The van der Waals surface area contributed by atoms with Gasteiger partial charge in [-0.1, -0.05) is 34.8 Å². The van der Waals surface area contributed by atoms with Crippen LogP contribution in [0.5, 0.6) is 0 Å². The van der Waals surface area contributed by atoms with E-state index < -0.39 is 10.0 Å². The molecule has 0 amide bonds. The van der Waals surface area contributed by atoms with Crippen molar-refractivity contribution in [1.82, 2.24) is 9.62 Å². The fraction of sp³-hybridized carbons (Fsp3) is 0.538. The second-order valence-corrected chi connectivity index (χ2v) is 8.65. The summed E-state index contributed by atoms with van der Waals surface area (Å²) in [5, 5.41) is 3.77. The fourth-order valence-corrected chi connectivity index (χ4v) is 6.13. The van der Waals surface area contributed by atoms with E-state index in [1.54, 1.807) is 0 Å². The number of piperidine rings is 1. The van der Waals surface area contributed by atoms with Crippen LogP contribution in [0.15, 0.2) is 17.0 Å².